The first-order chi connectivity index (χ1) is 14.2. The fourth-order valence-corrected chi connectivity index (χ4v) is 5.64. The van der Waals surface area contributed by atoms with Crippen LogP contribution in [0.5, 0.6) is 0 Å². The van der Waals surface area contributed by atoms with E-state index in [1.165, 1.54) is 28.7 Å². The molecule has 0 aliphatic rings. The highest BCUT2D eigenvalue weighted by atomic mass is 79.9. The van der Waals surface area contributed by atoms with E-state index >= 15 is 0 Å². The number of benzene rings is 1. The largest absolute Gasteiger partial charge is 0.259 e. The molecule has 1 aromatic carbocycles. The average Bonchev–Trinajstić information content (AvgIpc) is 3.48. The fraction of sp³-hybridized carbons (Fsp3) is 0.0588. The first kappa shape index (κ1) is 17.4. The van der Waals surface area contributed by atoms with Crippen LogP contribution in [-0.4, -0.2) is 39.4 Å². The monoisotopic (exact) mass is 500 g/mol. The third-order valence-corrected chi connectivity index (χ3v) is 7.44. The van der Waals surface area contributed by atoms with Crippen LogP contribution >= 0.6 is 50.4 Å². The molecule has 0 bridgehead atoms. The summed E-state index contributed by atoms with van der Waals surface area (Å²) >= 11 is 7.96. The first-order valence-electron chi connectivity index (χ1n) is 8.45. The van der Waals surface area contributed by atoms with Gasteiger partial charge in [-0.05, 0) is 40.9 Å². The summed E-state index contributed by atoms with van der Waals surface area (Å²) in [6.45, 7) is 0. The molecule has 8 nitrogen and oxygen atoms in total. The number of hydrogen-bond donors (Lipinski definition) is 0. The van der Waals surface area contributed by atoms with Crippen LogP contribution in [0.1, 0.15) is 10.6 Å². The van der Waals surface area contributed by atoms with E-state index in [2.05, 4.69) is 53.4 Å². The maximum Gasteiger partial charge on any atom is 0.235 e. The number of rotatable bonds is 4. The molecule has 0 unspecified atom stereocenters. The molecule has 142 valence electrons. The van der Waals surface area contributed by atoms with E-state index in [1.807, 2.05) is 28.0 Å². The molecular weight excluding hydrogens is 492 g/mol. The summed E-state index contributed by atoms with van der Waals surface area (Å²) in [5.74, 6) is 0. The number of nitrogens with zero attached hydrogens (tertiary/aromatic N) is 8. The second kappa shape index (κ2) is 6.83. The zero-order chi connectivity index (χ0) is 19.4. The molecule has 0 amide bonds. The van der Waals surface area contributed by atoms with Crippen molar-refractivity contribution in [3.05, 3.63) is 57.1 Å². The second-order valence-corrected chi connectivity index (χ2v) is 9.92. The van der Waals surface area contributed by atoms with E-state index < -0.39 is 0 Å². The molecule has 0 atom stereocenters. The Morgan fingerprint density at radius 3 is 2.76 bits per heavy atom. The second-order valence-electron chi connectivity index (χ2n) is 6.14. The molecule has 0 fully saturated rings. The molecule has 5 heterocycles. The summed E-state index contributed by atoms with van der Waals surface area (Å²) in [6.07, 6.45) is 2.49. The number of halogens is 1. The Kier molecular flexibility index (Phi) is 4.11. The van der Waals surface area contributed by atoms with Crippen LogP contribution in [0, 0.1) is 0 Å². The zero-order valence-corrected chi connectivity index (χ0v) is 18.5. The highest BCUT2D eigenvalue weighted by Gasteiger charge is 2.17. The summed E-state index contributed by atoms with van der Waals surface area (Å²) < 4.78 is 4.70. The van der Waals surface area contributed by atoms with Crippen molar-refractivity contribution in [3.8, 4) is 0 Å². The minimum atomic E-state index is 0.651. The minimum Gasteiger partial charge on any atom is -0.259 e. The number of thiophene rings is 1. The molecule has 0 spiro atoms. The van der Waals surface area contributed by atoms with Crippen LogP contribution in [0.25, 0.3) is 20.8 Å². The van der Waals surface area contributed by atoms with Gasteiger partial charge in [-0.2, -0.15) is 9.61 Å². The molecule has 0 saturated carbocycles. The van der Waals surface area contributed by atoms with Gasteiger partial charge in [0.2, 0.25) is 15.3 Å². The quantitative estimate of drug-likeness (QED) is 0.355. The van der Waals surface area contributed by atoms with E-state index in [0.717, 1.165) is 36.7 Å². The van der Waals surface area contributed by atoms with Gasteiger partial charge < -0.3 is 0 Å². The van der Waals surface area contributed by atoms with Crippen molar-refractivity contribution < 1.29 is 0 Å². The lowest BCUT2D eigenvalue weighted by molar-refractivity contribution is 0.795. The van der Waals surface area contributed by atoms with Crippen molar-refractivity contribution in [1.29, 1.82) is 0 Å². The Morgan fingerprint density at radius 1 is 1.00 bits per heavy atom. The van der Waals surface area contributed by atoms with Crippen molar-refractivity contribution in [2.45, 2.75) is 16.7 Å². The Morgan fingerprint density at radius 2 is 1.86 bits per heavy atom. The van der Waals surface area contributed by atoms with E-state index in [4.69, 9.17) is 5.10 Å². The van der Waals surface area contributed by atoms with Crippen LogP contribution in [0.2, 0.25) is 0 Å². The molecule has 6 rings (SSSR count). The normalized spacial score (nSPS) is 11.9. The van der Waals surface area contributed by atoms with Crippen molar-refractivity contribution in [1.82, 2.24) is 39.4 Å². The van der Waals surface area contributed by atoms with E-state index in [-0.39, 0.29) is 0 Å². The topological polar surface area (TPSA) is 86.2 Å². The standard InChI is InChI=1S/C17H9BrN8S3/c18-10-3-1-9(2-4-10)7-12-24-26-16(28-12)22-23-17(26)29-15-21-20-13-11-5-6-27-14(11)19-8-25(13)15/h1-6,8H,7H2. The van der Waals surface area contributed by atoms with Gasteiger partial charge in [0.05, 0.1) is 5.39 Å². The van der Waals surface area contributed by atoms with Gasteiger partial charge in [-0.3, -0.25) is 4.40 Å². The van der Waals surface area contributed by atoms with Crippen molar-refractivity contribution >= 4 is 71.2 Å². The number of fused-ring (bicyclic) bond motifs is 4. The van der Waals surface area contributed by atoms with Gasteiger partial charge in [-0.15, -0.1) is 31.7 Å². The maximum atomic E-state index is 4.70. The van der Waals surface area contributed by atoms with E-state index in [1.54, 1.807) is 22.2 Å². The van der Waals surface area contributed by atoms with Crippen molar-refractivity contribution in [3.63, 3.8) is 0 Å². The molecule has 0 aliphatic heterocycles. The minimum absolute atomic E-state index is 0.651. The average molecular weight is 501 g/mol. The summed E-state index contributed by atoms with van der Waals surface area (Å²) in [7, 11) is 0. The van der Waals surface area contributed by atoms with Crippen LogP contribution in [0.3, 0.4) is 0 Å². The van der Waals surface area contributed by atoms with Gasteiger partial charge in [0, 0.05) is 10.9 Å². The molecule has 0 N–H and O–H groups in total. The van der Waals surface area contributed by atoms with Gasteiger partial charge in [0.25, 0.3) is 0 Å². The SMILES string of the molecule is Brc1ccc(Cc2nn3c(Sc4nnc5c6ccsc6ncn45)nnc3s2)cc1. The van der Waals surface area contributed by atoms with Gasteiger partial charge in [-0.25, -0.2) is 4.98 Å². The van der Waals surface area contributed by atoms with Crippen LogP contribution < -0.4 is 0 Å². The molecular formula is C17H9BrN8S3. The number of aromatic nitrogens is 8. The Balaban J connectivity index is 1.34. The molecule has 0 saturated heterocycles. The summed E-state index contributed by atoms with van der Waals surface area (Å²) in [5, 5.41) is 27.2. The molecule has 5 aromatic heterocycles. The molecule has 12 heteroatoms. The van der Waals surface area contributed by atoms with Crippen molar-refractivity contribution in [2.75, 3.05) is 0 Å². The summed E-state index contributed by atoms with van der Waals surface area (Å²) in [6, 6.07) is 10.2. The fourth-order valence-electron chi connectivity index (χ4n) is 2.95. The Labute approximate surface area is 183 Å². The Bertz CT molecular complexity index is 1480. The lowest BCUT2D eigenvalue weighted by Crippen LogP contribution is -1.94. The third-order valence-electron chi connectivity index (χ3n) is 4.30. The molecule has 29 heavy (non-hydrogen) atoms. The predicted octanol–water partition coefficient (Wildman–Crippen LogP) is 4.34. The lowest BCUT2D eigenvalue weighted by Gasteiger charge is -1.98. The molecule has 0 radical (unpaired) electrons. The van der Waals surface area contributed by atoms with Gasteiger partial charge in [0.15, 0.2) is 5.65 Å². The highest BCUT2D eigenvalue weighted by molar-refractivity contribution is 9.10. The van der Waals surface area contributed by atoms with Gasteiger partial charge in [-0.1, -0.05) is 39.4 Å². The lowest BCUT2D eigenvalue weighted by atomic mass is 10.2. The molecule has 6 aromatic rings. The summed E-state index contributed by atoms with van der Waals surface area (Å²) in [5.41, 5.74) is 1.98. The smallest absolute Gasteiger partial charge is 0.235 e. The Hall–Kier alpha value is -2.41. The predicted molar refractivity (Wildman–Crippen MR) is 116 cm³/mol. The van der Waals surface area contributed by atoms with Crippen LogP contribution in [0.15, 0.2) is 56.8 Å². The molecule has 0 aliphatic carbocycles. The van der Waals surface area contributed by atoms with Gasteiger partial charge >= 0.3 is 0 Å². The first-order valence-corrected chi connectivity index (χ1v) is 11.8. The maximum absolute atomic E-state index is 4.70. The van der Waals surface area contributed by atoms with Crippen LogP contribution in [0.4, 0.5) is 0 Å². The summed E-state index contributed by atoms with van der Waals surface area (Å²) in [4.78, 5) is 6.18. The van der Waals surface area contributed by atoms with Crippen molar-refractivity contribution in [2.24, 2.45) is 0 Å². The van der Waals surface area contributed by atoms with Gasteiger partial charge in [0.1, 0.15) is 16.2 Å². The van der Waals surface area contributed by atoms with E-state index in [9.17, 15) is 0 Å². The third kappa shape index (κ3) is 3.03. The highest BCUT2D eigenvalue weighted by Crippen LogP contribution is 2.29. The number of hydrogen-bond acceptors (Lipinski definition) is 9. The van der Waals surface area contributed by atoms with E-state index in [0.29, 0.717) is 10.3 Å². The zero-order valence-electron chi connectivity index (χ0n) is 14.4. The van der Waals surface area contributed by atoms with Crippen LogP contribution in [-0.2, 0) is 6.42 Å².